The first-order valence-electron chi connectivity index (χ1n) is 12.4. The predicted molar refractivity (Wildman–Crippen MR) is 137 cm³/mol. The average molecular weight is 496 g/mol. The molecule has 2 aromatic rings. The molecular weight excluding hydrogens is 458 g/mol. The van der Waals surface area contributed by atoms with Crippen LogP contribution < -0.4 is 14.8 Å². The summed E-state index contributed by atoms with van der Waals surface area (Å²) in [6.07, 6.45) is 0.715. The molecule has 1 heterocycles. The van der Waals surface area contributed by atoms with E-state index < -0.39 is 0 Å². The van der Waals surface area contributed by atoms with Crippen LogP contribution in [-0.4, -0.2) is 70.0 Å². The van der Waals surface area contributed by atoms with Gasteiger partial charge in [0.1, 0.15) is 0 Å². The average Bonchev–Trinajstić information content (AvgIpc) is 3.35. The van der Waals surface area contributed by atoms with Crippen LogP contribution >= 0.6 is 0 Å². The fraction of sp³-hybridized carbons (Fsp3) is 0.500. The van der Waals surface area contributed by atoms with Gasteiger partial charge in [-0.2, -0.15) is 5.26 Å². The first-order valence-corrected chi connectivity index (χ1v) is 12.4. The van der Waals surface area contributed by atoms with Crippen molar-refractivity contribution >= 4 is 5.91 Å². The Morgan fingerprint density at radius 2 is 1.97 bits per heavy atom. The zero-order chi connectivity index (χ0) is 25.9. The normalized spacial score (nSPS) is 17.1. The van der Waals surface area contributed by atoms with Crippen molar-refractivity contribution in [2.24, 2.45) is 5.92 Å². The molecule has 0 aliphatic carbocycles. The molecule has 1 fully saturated rings. The summed E-state index contributed by atoms with van der Waals surface area (Å²) in [5.41, 5.74) is 2.14. The van der Waals surface area contributed by atoms with Crippen molar-refractivity contribution in [3.05, 3.63) is 59.2 Å². The van der Waals surface area contributed by atoms with Gasteiger partial charge in [-0.25, -0.2) is 0 Å². The second-order valence-electron chi connectivity index (χ2n) is 9.19. The number of methoxy groups -OCH3 is 2. The molecule has 0 saturated carbocycles. The van der Waals surface area contributed by atoms with E-state index in [2.05, 4.69) is 11.4 Å². The Morgan fingerprint density at radius 1 is 1.14 bits per heavy atom. The van der Waals surface area contributed by atoms with Gasteiger partial charge in [0.15, 0.2) is 11.5 Å². The molecule has 2 unspecified atom stereocenters. The van der Waals surface area contributed by atoms with Gasteiger partial charge in [0.2, 0.25) is 0 Å². The number of nitrogens with zero attached hydrogens (tertiary/aromatic N) is 2. The van der Waals surface area contributed by atoms with Crippen molar-refractivity contribution in [1.82, 2.24) is 10.2 Å². The summed E-state index contributed by atoms with van der Waals surface area (Å²) in [4.78, 5) is 15.5. The topological polar surface area (TPSA) is 93.0 Å². The van der Waals surface area contributed by atoms with Crippen molar-refractivity contribution in [2.75, 3.05) is 47.1 Å². The SMILES string of the molecule is COCCCOc1cc(C(=O)N(CC2CNCC2OCc2cccc(C#N)c2)C(C)C)ccc1OC. The van der Waals surface area contributed by atoms with E-state index in [1.165, 1.54) is 0 Å². The van der Waals surface area contributed by atoms with Crippen molar-refractivity contribution in [3.63, 3.8) is 0 Å². The van der Waals surface area contributed by atoms with E-state index in [1.54, 1.807) is 38.5 Å². The number of nitriles is 1. The second kappa shape index (κ2) is 13.8. The third kappa shape index (κ3) is 7.44. The van der Waals surface area contributed by atoms with Crippen molar-refractivity contribution in [3.8, 4) is 17.6 Å². The highest BCUT2D eigenvalue weighted by Gasteiger charge is 2.32. The molecule has 1 aliphatic rings. The molecule has 8 nitrogen and oxygen atoms in total. The number of hydrogen-bond acceptors (Lipinski definition) is 7. The second-order valence-corrected chi connectivity index (χ2v) is 9.19. The number of carbonyl (C=O) groups excluding carboxylic acids is 1. The van der Waals surface area contributed by atoms with Crippen LogP contribution in [0, 0.1) is 17.2 Å². The van der Waals surface area contributed by atoms with Crippen LogP contribution in [0.1, 0.15) is 41.8 Å². The molecule has 1 amide bonds. The molecule has 1 saturated heterocycles. The highest BCUT2D eigenvalue weighted by atomic mass is 16.5. The summed E-state index contributed by atoms with van der Waals surface area (Å²) in [7, 11) is 3.24. The summed E-state index contributed by atoms with van der Waals surface area (Å²) < 4.78 is 22.6. The van der Waals surface area contributed by atoms with Crippen LogP contribution in [0.5, 0.6) is 11.5 Å². The number of amides is 1. The fourth-order valence-electron chi connectivity index (χ4n) is 4.27. The van der Waals surface area contributed by atoms with Crippen molar-refractivity contribution in [2.45, 2.75) is 39.0 Å². The third-order valence-electron chi connectivity index (χ3n) is 6.27. The van der Waals surface area contributed by atoms with Crippen LogP contribution in [0.4, 0.5) is 0 Å². The molecule has 2 aromatic carbocycles. The monoisotopic (exact) mass is 495 g/mol. The van der Waals surface area contributed by atoms with E-state index in [0.29, 0.717) is 49.0 Å². The number of ether oxygens (including phenoxy) is 4. The van der Waals surface area contributed by atoms with E-state index in [0.717, 1.165) is 25.1 Å². The lowest BCUT2D eigenvalue weighted by atomic mass is 10.0. The number of carbonyl (C=O) groups is 1. The molecule has 0 bridgehead atoms. The van der Waals surface area contributed by atoms with Crippen LogP contribution in [-0.2, 0) is 16.1 Å². The van der Waals surface area contributed by atoms with Crippen LogP contribution in [0.2, 0.25) is 0 Å². The predicted octanol–water partition coefficient (Wildman–Crippen LogP) is 3.64. The molecule has 1 aliphatic heterocycles. The summed E-state index contributed by atoms with van der Waals surface area (Å²) in [5, 5.41) is 12.5. The Bertz CT molecular complexity index is 1040. The zero-order valence-electron chi connectivity index (χ0n) is 21.7. The smallest absolute Gasteiger partial charge is 0.254 e. The van der Waals surface area contributed by atoms with Crippen molar-refractivity contribution in [1.29, 1.82) is 5.26 Å². The third-order valence-corrected chi connectivity index (χ3v) is 6.27. The Balaban J connectivity index is 1.67. The van der Waals surface area contributed by atoms with Crippen LogP contribution in [0.3, 0.4) is 0 Å². The number of benzene rings is 2. The molecule has 36 heavy (non-hydrogen) atoms. The van der Waals surface area contributed by atoms with Gasteiger partial charge in [0.25, 0.3) is 5.91 Å². The minimum Gasteiger partial charge on any atom is -0.493 e. The molecule has 3 rings (SSSR count). The van der Waals surface area contributed by atoms with Gasteiger partial charge in [-0.1, -0.05) is 12.1 Å². The first-order chi connectivity index (χ1) is 17.5. The van der Waals surface area contributed by atoms with E-state index in [-0.39, 0.29) is 24.0 Å². The van der Waals surface area contributed by atoms with Crippen molar-refractivity contribution < 1.29 is 23.7 Å². The largest absolute Gasteiger partial charge is 0.493 e. The maximum Gasteiger partial charge on any atom is 0.254 e. The molecule has 2 atom stereocenters. The molecular formula is C28H37N3O5. The van der Waals surface area contributed by atoms with Gasteiger partial charge < -0.3 is 29.2 Å². The number of rotatable bonds is 13. The molecule has 1 N–H and O–H groups in total. The van der Waals surface area contributed by atoms with Gasteiger partial charge in [-0.3, -0.25) is 4.79 Å². The maximum atomic E-state index is 13.6. The minimum absolute atomic E-state index is 0.0132. The molecule has 0 spiro atoms. The Kier molecular flexibility index (Phi) is 10.6. The summed E-state index contributed by atoms with van der Waals surface area (Å²) in [6.45, 7) is 7.62. The Morgan fingerprint density at radius 3 is 2.69 bits per heavy atom. The summed E-state index contributed by atoms with van der Waals surface area (Å²) >= 11 is 0. The molecule has 8 heteroatoms. The maximum absolute atomic E-state index is 13.6. The van der Waals surface area contributed by atoms with Gasteiger partial charge in [-0.05, 0) is 49.7 Å². The highest BCUT2D eigenvalue weighted by Crippen LogP contribution is 2.29. The van der Waals surface area contributed by atoms with E-state index in [9.17, 15) is 4.79 Å². The zero-order valence-corrected chi connectivity index (χ0v) is 21.7. The minimum atomic E-state index is -0.0539. The lowest BCUT2D eigenvalue weighted by Crippen LogP contribution is -2.43. The Hall–Kier alpha value is -3.12. The molecule has 194 valence electrons. The Labute approximate surface area is 214 Å². The van der Waals surface area contributed by atoms with E-state index in [4.69, 9.17) is 24.2 Å². The van der Waals surface area contributed by atoms with Gasteiger partial charge in [-0.15, -0.1) is 0 Å². The first kappa shape index (κ1) is 27.5. The number of hydrogen-bond donors (Lipinski definition) is 1. The van der Waals surface area contributed by atoms with Crippen LogP contribution in [0.25, 0.3) is 0 Å². The highest BCUT2D eigenvalue weighted by molar-refractivity contribution is 5.95. The van der Waals surface area contributed by atoms with Gasteiger partial charge in [0, 0.05) is 57.3 Å². The number of nitrogens with one attached hydrogen (secondary N) is 1. The summed E-state index contributed by atoms with van der Waals surface area (Å²) in [6, 6.07) is 14.9. The van der Waals surface area contributed by atoms with Gasteiger partial charge >= 0.3 is 0 Å². The van der Waals surface area contributed by atoms with E-state index in [1.807, 2.05) is 36.9 Å². The van der Waals surface area contributed by atoms with Gasteiger partial charge in [0.05, 0.1) is 38.1 Å². The summed E-state index contributed by atoms with van der Waals surface area (Å²) in [5.74, 6) is 1.24. The quantitative estimate of drug-likeness (QED) is 0.424. The molecule has 0 radical (unpaired) electrons. The lowest BCUT2D eigenvalue weighted by Gasteiger charge is -2.31. The van der Waals surface area contributed by atoms with E-state index >= 15 is 0 Å². The fourth-order valence-corrected chi connectivity index (χ4v) is 4.27. The molecule has 0 aromatic heterocycles. The lowest BCUT2D eigenvalue weighted by molar-refractivity contribution is 0.0129. The van der Waals surface area contributed by atoms with Crippen LogP contribution in [0.15, 0.2) is 42.5 Å². The standard InChI is InChI=1S/C28H37N3O5/c1-20(2)31(28(32)23-9-10-25(34-4)26(14-23)35-12-6-11-33-3)18-24-16-30-17-27(24)36-19-22-8-5-7-21(13-22)15-29/h5,7-10,13-14,20,24,27,30H,6,11-12,16-19H2,1-4H3.